The molecular formula is C23H19NO4. The Kier molecular flexibility index (Phi) is 4.81. The Morgan fingerprint density at radius 2 is 1.68 bits per heavy atom. The molecule has 0 saturated carbocycles. The number of hydrogen-bond donors (Lipinski definition) is 0. The third kappa shape index (κ3) is 3.60. The molecule has 4 rings (SSSR count). The van der Waals surface area contributed by atoms with Crippen molar-refractivity contribution in [3.8, 4) is 17.2 Å². The van der Waals surface area contributed by atoms with Gasteiger partial charge in [-0.3, -0.25) is 10.1 Å². The van der Waals surface area contributed by atoms with Crippen molar-refractivity contribution < 1.29 is 14.4 Å². The molecule has 0 N–H and O–H groups in total. The third-order valence-electron chi connectivity index (χ3n) is 4.83. The van der Waals surface area contributed by atoms with Crippen LogP contribution in [0.1, 0.15) is 23.1 Å². The number of para-hydroxylation sites is 1. The van der Waals surface area contributed by atoms with Crippen LogP contribution in [0.4, 0.5) is 5.69 Å². The number of nitro benzene ring substituents is 1. The lowest BCUT2D eigenvalue weighted by molar-refractivity contribution is -0.385. The number of nitro groups is 1. The minimum atomic E-state index is -0.356. The first kappa shape index (κ1) is 17.8. The fraction of sp³-hybridized carbons (Fsp3) is 0.130. The second-order valence-corrected chi connectivity index (χ2v) is 6.59. The number of benzene rings is 3. The Morgan fingerprint density at radius 3 is 2.43 bits per heavy atom. The molecule has 0 aliphatic heterocycles. The highest BCUT2D eigenvalue weighted by Crippen LogP contribution is 2.37. The smallest absolute Gasteiger partial charge is 0.280 e. The average Bonchev–Trinajstić information content (AvgIpc) is 2.73. The zero-order valence-electron chi connectivity index (χ0n) is 15.4. The Balaban J connectivity index is 1.65. The van der Waals surface area contributed by atoms with E-state index in [9.17, 15) is 10.1 Å². The number of aryl methyl sites for hydroxylation is 1. The summed E-state index contributed by atoms with van der Waals surface area (Å²) in [6.45, 7) is 0. The highest BCUT2D eigenvalue weighted by molar-refractivity contribution is 5.88. The summed E-state index contributed by atoms with van der Waals surface area (Å²) < 4.78 is 11.0. The van der Waals surface area contributed by atoms with Crippen LogP contribution in [-0.2, 0) is 6.42 Å². The molecule has 0 saturated heterocycles. The average molecular weight is 373 g/mol. The summed E-state index contributed by atoms with van der Waals surface area (Å²) in [7, 11) is 1.50. The topological polar surface area (TPSA) is 61.6 Å². The van der Waals surface area contributed by atoms with Crippen LogP contribution in [0.2, 0.25) is 0 Å². The molecule has 140 valence electrons. The summed E-state index contributed by atoms with van der Waals surface area (Å²) in [5.41, 5.74) is 3.90. The van der Waals surface area contributed by atoms with Gasteiger partial charge >= 0.3 is 0 Å². The van der Waals surface area contributed by atoms with Gasteiger partial charge in [0.05, 0.1) is 23.7 Å². The van der Waals surface area contributed by atoms with Crippen molar-refractivity contribution in [1.82, 2.24) is 0 Å². The summed E-state index contributed by atoms with van der Waals surface area (Å²) >= 11 is 0. The van der Waals surface area contributed by atoms with Crippen LogP contribution in [0, 0.1) is 10.1 Å². The van der Waals surface area contributed by atoms with Gasteiger partial charge in [0.15, 0.2) is 0 Å². The van der Waals surface area contributed by atoms with E-state index in [1.165, 1.54) is 18.7 Å². The van der Waals surface area contributed by atoms with E-state index in [2.05, 4.69) is 0 Å². The number of allylic oxidation sites excluding steroid dienone is 1. The van der Waals surface area contributed by atoms with Crippen LogP contribution in [0.25, 0.3) is 11.6 Å². The lowest BCUT2D eigenvalue weighted by Gasteiger charge is -2.18. The maximum absolute atomic E-state index is 11.5. The highest BCUT2D eigenvalue weighted by Gasteiger charge is 2.21. The standard InChI is InChI=1S/C23H19NO4/c1-27-20-11-12-22(23(15-20)24(25)26)18-8-7-17-14-21(10-9-16(17)13-18)28-19-5-3-2-4-6-19/h2-6,9-15H,7-8H2,1H3. The molecule has 0 heterocycles. The van der Waals surface area contributed by atoms with E-state index < -0.39 is 0 Å². The molecule has 0 unspecified atom stereocenters. The first-order chi connectivity index (χ1) is 13.6. The lowest BCUT2D eigenvalue weighted by Crippen LogP contribution is -2.02. The SMILES string of the molecule is COc1ccc(C2=Cc3ccc(Oc4ccccc4)cc3CC2)c([N+](=O)[O-])c1. The monoisotopic (exact) mass is 373 g/mol. The van der Waals surface area contributed by atoms with Gasteiger partial charge in [0.1, 0.15) is 17.2 Å². The minimum Gasteiger partial charge on any atom is -0.497 e. The van der Waals surface area contributed by atoms with Crippen molar-refractivity contribution in [2.75, 3.05) is 7.11 Å². The van der Waals surface area contributed by atoms with Crippen molar-refractivity contribution in [3.63, 3.8) is 0 Å². The van der Waals surface area contributed by atoms with Crippen LogP contribution >= 0.6 is 0 Å². The third-order valence-corrected chi connectivity index (χ3v) is 4.83. The largest absolute Gasteiger partial charge is 0.497 e. The fourth-order valence-corrected chi connectivity index (χ4v) is 3.43. The maximum atomic E-state index is 11.5. The number of methoxy groups -OCH3 is 1. The van der Waals surface area contributed by atoms with E-state index >= 15 is 0 Å². The Labute approximate surface area is 163 Å². The number of nitrogens with zero attached hydrogens (tertiary/aromatic N) is 1. The molecular weight excluding hydrogens is 354 g/mol. The molecule has 3 aromatic carbocycles. The van der Waals surface area contributed by atoms with Gasteiger partial charge < -0.3 is 9.47 Å². The zero-order valence-corrected chi connectivity index (χ0v) is 15.4. The van der Waals surface area contributed by atoms with Gasteiger partial charge in [0.2, 0.25) is 0 Å². The van der Waals surface area contributed by atoms with Gasteiger partial charge in [-0.2, -0.15) is 0 Å². The van der Waals surface area contributed by atoms with Crippen molar-refractivity contribution in [2.45, 2.75) is 12.8 Å². The second kappa shape index (κ2) is 7.56. The lowest BCUT2D eigenvalue weighted by atomic mass is 9.88. The molecule has 5 nitrogen and oxygen atoms in total. The van der Waals surface area contributed by atoms with E-state index in [1.807, 2.05) is 54.6 Å². The molecule has 0 fully saturated rings. The molecule has 1 aliphatic carbocycles. The highest BCUT2D eigenvalue weighted by atomic mass is 16.6. The molecule has 0 aromatic heterocycles. The molecule has 0 radical (unpaired) electrons. The van der Waals surface area contributed by atoms with Crippen LogP contribution in [0.3, 0.4) is 0 Å². The summed E-state index contributed by atoms with van der Waals surface area (Å²) in [5.74, 6) is 2.07. The minimum absolute atomic E-state index is 0.0677. The molecule has 0 amide bonds. The van der Waals surface area contributed by atoms with E-state index in [-0.39, 0.29) is 10.6 Å². The van der Waals surface area contributed by atoms with Gasteiger partial charge in [-0.1, -0.05) is 30.3 Å². The Bertz CT molecular complexity index is 1060. The van der Waals surface area contributed by atoms with E-state index in [1.54, 1.807) is 12.1 Å². The first-order valence-electron chi connectivity index (χ1n) is 9.03. The summed E-state index contributed by atoms with van der Waals surface area (Å²) in [5, 5.41) is 11.5. The summed E-state index contributed by atoms with van der Waals surface area (Å²) in [6.07, 6.45) is 3.56. The molecule has 28 heavy (non-hydrogen) atoms. The number of hydrogen-bond acceptors (Lipinski definition) is 4. The summed E-state index contributed by atoms with van der Waals surface area (Å²) in [4.78, 5) is 11.1. The Hall–Kier alpha value is -3.60. The molecule has 0 bridgehead atoms. The zero-order chi connectivity index (χ0) is 19.5. The number of fused-ring (bicyclic) bond motifs is 1. The predicted octanol–water partition coefficient (Wildman–Crippen LogP) is 5.88. The van der Waals surface area contributed by atoms with Crippen molar-refractivity contribution >= 4 is 17.3 Å². The molecule has 3 aromatic rings. The normalized spacial score (nSPS) is 12.7. The fourth-order valence-electron chi connectivity index (χ4n) is 3.43. The van der Waals surface area contributed by atoms with Gasteiger partial charge in [-0.25, -0.2) is 0 Å². The van der Waals surface area contributed by atoms with Crippen molar-refractivity contribution in [1.29, 1.82) is 0 Å². The van der Waals surface area contributed by atoms with Gasteiger partial charge in [-0.15, -0.1) is 0 Å². The molecule has 0 spiro atoms. The Morgan fingerprint density at radius 1 is 0.893 bits per heavy atom. The number of ether oxygens (including phenoxy) is 2. The van der Waals surface area contributed by atoms with E-state index in [0.29, 0.717) is 11.3 Å². The van der Waals surface area contributed by atoms with Gasteiger partial charge in [0, 0.05) is 0 Å². The maximum Gasteiger partial charge on any atom is 0.280 e. The first-order valence-corrected chi connectivity index (χ1v) is 9.03. The predicted molar refractivity (Wildman–Crippen MR) is 109 cm³/mol. The molecule has 0 atom stereocenters. The van der Waals surface area contributed by atoms with Crippen LogP contribution in [0.15, 0.2) is 66.7 Å². The number of rotatable bonds is 5. The van der Waals surface area contributed by atoms with Gasteiger partial charge in [0.25, 0.3) is 5.69 Å². The van der Waals surface area contributed by atoms with Crippen molar-refractivity contribution in [3.05, 3.63) is 93.5 Å². The van der Waals surface area contributed by atoms with Crippen LogP contribution in [0.5, 0.6) is 17.2 Å². The molecule has 5 heteroatoms. The van der Waals surface area contributed by atoms with Crippen LogP contribution in [-0.4, -0.2) is 12.0 Å². The second-order valence-electron chi connectivity index (χ2n) is 6.59. The van der Waals surface area contributed by atoms with E-state index in [4.69, 9.17) is 9.47 Å². The van der Waals surface area contributed by atoms with Crippen LogP contribution < -0.4 is 9.47 Å². The van der Waals surface area contributed by atoms with Gasteiger partial charge in [-0.05, 0) is 65.9 Å². The quantitative estimate of drug-likeness (QED) is 0.414. The van der Waals surface area contributed by atoms with Crippen molar-refractivity contribution in [2.24, 2.45) is 0 Å². The molecule has 1 aliphatic rings. The summed E-state index contributed by atoms with van der Waals surface area (Å²) in [6, 6.07) is 20.6. The van der Waals surface area contributed by atoms with E-state index in [0.717, 1.165) is 35.5 Å².